The highest BCUT2D eigenvalue weighted by Gasteiger charge is 2.22. The second-order valence-electron chi connectivity index (χ2n) is 5.38. The van der Waals surface area contributed by atoms with Crippen LogP contribution >= 0.6 is 24.8 Å². The van der Waals surface area contributed by atoms with E-state index in [1.54, 1.807) is 37.4 Å². The molecule has 0 bridgehead atoms. The Morgan fingerprint density at radius 3 is 2.36 bits per heavy atom. The molecule has 0 aliphatic heterocycles. The van der Waals surface area contributed by atoms with Gasteiger partial charge in [-0.05, 0) is 36.1 Å². The van der Waals surface area contributed by atoms with Crippen molar-refractivity contribution in [2.75, 3.05) is 0 Å². The fourth-order valence-corrected chi connectivity index (χ4v) is 2.53. The molecule has 0 amide bonds. The predicted octanol–water partition coefficient (Wildman–Crippen LogP) is 4.61. The van der Waals surface area contributed by atoms with Crippen molar-refractivity contribution >= 4 is 41.4 Å². The van der Waals surface area contributed by atoms with Crippen LogP contribution in [0.25, 0.3) is 10.8 Å². The van der Waals surface area contributed by atoms with Gasteiger partial charge in [-0.15, -0.1) is 24.8 Å². The molecular formula is C18H16Cl2F2N2O. The highest BCUT2D eigenvalue weighted by atomic mass is 35.5. The van der Waals surface area contributed by atoms with Gasteiger partial charge in [-0.3, -0.25) is 9.78 Å². The Morgan fingerprint density at radius 2 is 1.76 bits per heavy atom. The minimum absolute atomic E-state index is 0. The molecule has 0 fully saturated rings. The van der Waals surface area contributed by atoms with Gasteiger partial charge in [0.1, 0.15) is 11.6 Å². The minimum atomic E-state index is -0.909. The third-order valence-corrected chi connectivity index (χ3v) is 3.74. The normalized spacial score (nSPS) is 11.4. The van der Waals surface area contributed by atoms with Crippen LogP contribution in [0.4, 0.5) is 8.78 Å². The Morgan fingerprint density at radius 1 is 1.12 bits per heavy atom. The van der Waals surface area contributed by atoms with E-state index in [1.807, 2.05) is 0 Å². The number of aromatic nitrogens is 1. The van der Waals surface area contributed by atoms with Crippen molar-refractivity contribution in [2.24, 2.45) is 5.73 Å². The Kier molecular flexibility index (Phi) is 6.99. The Bertz CT molecular complexity index is 888. The topological polar surface area (TPSA) is 56.0 Å². The largest absolute Gasteiger partial charge is 0.324 e. The highest BCUT2D eigenvalue weighted by molar-refractivity contribution is 6.16. The first-order valence-corrected chi connectivity index (χ1v) is 7.11. The number of fused-ring (bicyclic) bond motifs is 1. The first-order chi connectivity index (χ1) is 11.0. The molecule has 1 heterocycles. The van der Waals surface area contributed by atoms with Crippen LogP contribution in [0.5, 0.6) is 0 Å². The maximum absolute atomic E-state index is 14.3. The van der Waals surface area contributed by atoms with Gasteiger partial charge < -0.3 is 5.73 Å². The van der Waals surface area contributed by atoms with E-state index in [9.17, 15) is 13.6 Å². The molecule has 1 unspecified atom stereocenters. The average Bonchev–Trinajstić information content (AvgIpc) is 2.53. The van der Waals surface area contributed by atoms with Crippen molar-refractivity contribution in [1.82, 2.24) is 4.98 Å². The van der Waals surface area contributed by atoms with Crippen LogP contribution in [-0.2, 0) is 0 Å². The molecule has 0 saturated heterocycles. The first-order valence-electron chi connectivity index (χ1n) is 7.11. The maximum atomic E-state index is 14.3. The van der Waals surface area contributed by atoms with E-state index in [0.717, 1.165) is 17.5 Å². The van der Waals surface area contributed by atoms with E-state index in [0.29, 0.717) is 10.9 Å². The van der Waals surface area contributed by atoms with Crippen LogP contribution in [0.3, 0.4) is 0 Å². The molecule has 3 rings (SSSR count). The number of hydrogen-bond donors (Lipinski definition) is 1. The standard InChI is InChI=1S/C18H14F2N2O.2ClH/c1-10(21)12-7-15(19)17(16(20)8-12)18(23)14-4-2-3-11-9-22-6-5-13(11)14;;/h2-10H,21H2,1H3;2*1H. The molecule has 132 valence electrons. The van der Waals surface area contributed by atoms with Crippen LogP contribution in [0, 0.1) is 11.6 Å². The fraction of sp³-hybridized carbons (Fsp3) is 0.111. The van der Waals surface area contributed by atoms with Crippen molar-refractivity contribution < 1.29 is 13.6 Å². The summed E-state index contributed by atoms with van der Waals surface area (Å²) in [5.41, 5.74) is 5.60. The zero-order valence-electron chi connectivity index (χ0n) is 13.2. The molecular weight excluding hydrogens is 369 g/mol. The molecule has 1 aromatic heterocycles. The number of rotatable bonds is 3. The summed E-state index contributed by atoms with van der Waals surface area (Å²) in [5, 5.41) is 1.33. The molecule has 3 nitrogen and oxygen atoms in total. The first kappa shape index (κ1) is 21.0. The number of carbonyl (C=O) groups is 1. The average molecular weight is 385 g/mol. The van der Waals surface area contributed by atoms with E-state index in [-0.39, 0.29) is 30.4 Å². The van der Waals surface area contributed by atoms with E-state index in [1.165, 1.54) is 6.20 Å². The van der Waals surface area contributed by atoms with Gasteiger partial charge in [-0.1, -0.05) is 18.2 Å². The van der Waals surface area contributed by atoms with Crippen LogP contribution < -0.4 is 5.73 Å². The number of pyridine rings is 1. The minimum Gasteiger partial charge on any atom is -0.324 e. The lowest BCUT2D eigenvalue weighted by Gasteiger charge is -2.11. The lowest BCUT2D eigenvalue weighted by Crippen LogP contribution is -2.12. The van der Waals surface area contributed by atoms with Crippen molar-refractivity contribution in [2.45, 2.75) is 13.0 Å². The molecule has 0 radical (unpaired) electrons. The SMILES string of the molecule is CC(N)c1cc(F)c(C(=O)c2cccc3cnccc23)c(F)c1.Cl.Cl. The van der Waals surface area contributed by atoms with Gasteiger partial charge in [0.25, 0.3) is 0 Å². The predicted molar refractivity (Wildman–Crippen MR) is 98.6 cm³/mol. The third-order valence-electron chi connectivity index (χ3n) is 3.74. The van der Waals surface area contributed by atoms with Crippen LogP contribution in [-0.4, -0.2) is 10.8 Å². The fourth-order valence-electron chi connectivity index (χ4n) is 2.53. The summed E-state index contributed by atoms with van der Waals surface area (Å²) in [6.07, 6.45) is 3.13. The zero-order valence-corrected chi connectivity index (χ0v) is 14.8. The third kappa shape index (κ3) is 3.95. The summed E-state index contributed by atoms with van der Waals surface area (Å²) in [6, 6.07) is 8.32. The second kappa shape index (κ2) is 8.34. The molecule has 1 atom stereocenters. The van der Waals surface area contributed by atoms with Crippen molar-refractivity contribution in [3.05, 3.63) is 77.1 Å². The van der Waals surface area contributed by atoms with Gasteiger partial charge >= 0.3 is 0 Å². The Labute approximate surface area is 156 Å². The van der Waals surface area contributed by atoms with Gasteiger partial charge in [-0.2, -0.15) is 0 Å². The zero-order chi connectivity index (χ0) is 16.6. The molecule has 0 spiro atoms. The number of nitrogens with two attached hydrogens (primary N) is 1. The molecule has 3 aromatic rings. The molecule has 2 N–H and O–H groups in total. The maximum Gasteiger partial charge on any atom is 0.199 e. The Hall–Kier alpha value is -2.08. The highest BCUT2D eigenvalue weighted by Crippen LogP contribution is 2.25. The summed E-state index contributed by atoms with van der Waals surface area (Å²) in [7, 11) is 0. The van der Waals surface area contributed by atoms with E-state index < -0.39 is 29.0 Å². The summed E-state index contributed by atoms with van der Waals surface area (Å²) >= 11 is 0. The summed E-state index contributed by atoms with van der Waals surface area (Å²) in [4.78, 5) is 16.6. The van der Waals surface area contributed by atoms with Crippen LogP contribution in [0.2, 0.25) is 0 Å². The number of benzene rings is 2. The smallest absolute Gasteiger partial charge is 0.199 e. The number of carbonyl (C=O) groups excluding carboxylic acids is 1. The number of nitrogens with zero attached hydrogens (tertiary/aromatic N) is 1. The van der Waals surface area contributed by atoms with E-state index in [2.05, 4.69) is 4.98 Å². The van der Waals surface area contributed by atoms with E-state index >= 15 is 0 Å². The van der Waals surface area contributed by atoms with Crippen molar-refractivity contribution in [3.8, 4) is 0 Å². The summed E-state index contributed by atoms with van der Waals surface area (Å²) in [6.45, 7) is 1.62. The second-order valence-corrected chi connectivity index (χ2v) is 5.38. The van der Waals surface area contributed by atoms with Crippen LogP contribution in [0.1, 0.15) is 34.5 Å². The number of hydrogen-bond acceptors (Lipinski definition) is 3. The van der Waals surface area contributed by atoms with Gasteiger partial charge in [0.15, 0.2) is 5.78 Å². The van der Waals surface area contributed by atoms with E-state index in [4.69, 9.17) is 5.73 Å². The molecule has 25 heavy (non-hydrogen) atoms. The monoisotopic (exact) mass is 384 g/mol. The molecule has 2 aromatic carbocycles. The summed E-state index contributed by atoms with van der Waals surface area (Å²) < 4.78 is 28.6. The Balaban J connectivity index is 0.00000156. The lowest BCUT2D eigenvalue weighted by molar-refractivity contribution is 0.103. The quantitative estimate of drug-likeness (QED) is 0.670. The molecule has 7 heteroatoms. The lowest BCUT2D eigenvalue weighted by atomic mass is 9.96. The van der Waals surface area contributed by atoms with Gasteiger partial charge in [0, 0.05) is 29.4 Å². The van der Waals surface area contributed by atoms with Crippen molar-refractivity contribution in [3.63, 3.8) is 0 Å². The molecule has 0 aliphatic rings. The van der Waals surface area contributed by atoms with Gasteiger partial charge in [0.2, 0.25) is 0 Å². The van der Waals surface area contributed by atoms with Gasteiger partial charge in [0.05, 0.1) is 5.56 Å². The molecule has 0 saturated carbocycles. The number of ketones is 1. The van der Waals surface area contributed by atoms with Crippen LogP contribution in [0.15, 0.2) is 48.8 Å². The summed E-state index contributed by atoms with van der Waals surface area (Å²) in [5.74, 6) is -2.52. The van der Waals surface area contributed by atoms with Gasteiger partial charge in [-0.25, -0.2) is 8.78 Å². The number of halogens is 4. The molecule has 0 aliphatic carbocycles. The van der Waals surface area contributed by atoms with Crippen molar-refractivity contribution in [1.29, 1.82) is 0 Å².